The van der Waals surface area contributed by atoms with E-state index in [1.165, 1.54) is 0 Å². The van der Waals surface area contributed by atoms with E-state index in [0.717, 1.165) is 24.1 Å². The van der Waals surface area contributed by atoms with Crippen LogP contribution in [-0.2, 0) is 10.2 Å². The molecule has 0 aliphatic carbocycles. The molecule has 3 rings (SSSR count). The molecule has 0 spiro atoms. The third kappa shape index (κ3) is 5.25. The molecule has 0 aromatic heterocycles. The Balaban J connectivity index is 1.93. The highest BCUT2D eigenvalue weighted by atomic mass is 35.5. The van der Waals surface area contributed by atoms with Gasteiger partial charge in [0.15, 0.2) is 0 Å². The topological polar surface area (TPSA) is 43.8 Å². The van der Waals surface area contributed by atoms with Crippen LogP contribution >= 0.6 is 23.2 Å². The van der Waals surface area contributed by atoms with Crippen LogP contribution in [0.1, 0.15) is 38.3 Å². The minimum atomic E-state index is -0.879. The Kier molecular flexibility index (Phi) is 7.69. The SMILES string of the molecule is CC(C)C(CN(C)C(=O)C(C)(c1ccc(Cl)cc1)c1ccc(Cl)cc1)N1CC[C@H](O)C1. The van der Waals surface area contributed by atoms with Crippen LogP contribution < -0.4 is 0 Å². The first-order valence-electron chi connectivity index (χ1n) is 10.8. The highest BCUT2D eigenvalue weighted by Gasteiger charge is 2.40. The maximum atomic E-state index is 14.0. The van der Waals surface area contributed by atoms with Crippen molar-refractivity contribution in [2.24, 2.45) is 5.92 Å². The monoisotopic (exact) mass is 462 g/mol. The first kappa shape index (κ1) is 24.1. The number of nitrogens with zero attached hydrogens (tertiary/aromatic N) is 2. The van der Waals surface area contributed by atoms with Crippen molar-refractivity contribution in [2.45, 2.75) is 44.8 Å². The lowest BCUT2D eigenvalue weighted by molar-refractivity contribution is -0.135. The second kappa shape index (κ2) is 9.91. The van der Waals surface area contributed by atoms with E-state index in [9.17, 15) is 9.90 Å². The van der Waals surface area contributed by atoms with Gasteiger partial charge in [-0.1, -0.05) is 61.3 Å². The van der Waals surface area contributed by atoms with Gasteiger partial charge in [0, 0.05) is 42.8 Å². The Bertz CT molecular complexity index is 838. The number of likely N-dealkylation sites (N-methyl/N-ethyl adjacent to an activating group) is 1. The third-order valence-corrected chi connectivity index (χ3v) is 7.02. The van der Waals surface area contributed by atoms with Gasteiger partial charge >= 0.3 is 0 Å². The molecule has 2 aromatic carbocycles. The van der Waals surface area contributed by atoms with E-state index in [2.05, 4.69) is 18.7 Å². The van der Waals surface area contributed by atoms with Crippen LogP contribution in [0.5, 0.6) is 0 Å². The van der Waals surface area contributed by atoms with Crippen LogP contribution in [0, 0.1) is 5.92 Å². The van der Waals surface area contributed by atoms with Gasteiger partial charge in [-0.2, -0.15) is 0 Å². The molecule has 1 amide bonds. The number of benzene rings is 2. The molecular formula is C25H32Cl2N2O2. The number of hydrogen-bond acceptors (Lipinski definition) is 3. The lowest BCUT2D eigenvalue weighted by Crippen LogP contribution is -2.51. The molecule has 1 saturated heterocycles. The van der Waals surface area contributed by atoms with Gasteiger partial charge in [0.05, 0.1) is 11.5 Å². The summed E-state index contributed by atoms with van der Waals surface area (Å²) in [6.45, 7) is 8.42. The third-order valence-electron chi connectivity index (χ3n) is 6.51. The molecule has 1 fully saturated rings. The largest absolute Gasteiger partial charge is 0.392 e. The Morgan fingerprint density at radius 2 is 1.58 bits per heavy atom. The van der Waals surface area contributed by atoms with Gasteiger partial charge in [0.2, 0.25) is 5.91 Å². The summed E-state index contributed by atoms with van der Waals surface area (Å²) in [4.78, 5) is 18.1. The molecule has 0 radical (unpaired) electrons. The average Bonchev–Trinajstić information content (AvgIpc) is 3.17. The molecule has 0 bridgehead atoms. The fourth-order valence-electron chi connectivity index (χ4n) is 4.54. The fourth-order valence-corrected chi connectivity index (χ4v) is 4.79. The molecular weight excluding hydrogens is 431 g/mol. The number of carbonyl (C=O) groups excluding carboxylic acids is 1. The van der Waals surface area contributed by atoms with E-state index in [1.807, 2.05) is 67.4 Å². The Morgan fingerprint density at radius 3 is 1.97 bits per heavy atom. The van der Waals surface area contributed by atoms with E-state index >= 15 is 0 Å². The predicted molar refractivity (Wildman–Crippen MR) is 128 cm³/mol. The smallest absolute Gasteiger partial charge is 0.237 e. The summed E-state index contributed by atoms with van der Waals surface area (Å²) in [5, 5.41) is 11.3. The minimum Gasteiger partial charge on any atom is -0.392 e. The number of hydrogen-bond donors (Lipinski definition) is 1. The zero-order valence-electron chi connectivity index (χ0n) is 18.7. The van der Waals surface area contributed by atoms with Crippen molar-refractivity contribution in [3.8, 4) is 0 Å². The van der Waals surface area contributed by atoms with Gasteiger partial charge in [0.25, 0.3) is 0 Å². The lowest BCUT2D eigenvalue weighted by atomic mass is 9.75. The van der Waals surface area contributed by atoms with Gasteiger partial charge < -0.3 is 10.0 Å². The van der Waals surface area contributed by atoms with Crippen molar-refractivity contribution in [1.29, 1.82) is 0 Å². The van der Waals surface area contributed by atoms with Crippen LogP contribution in [0.2, 0.25) is 10.0 Å². The van der Waals surface area contributed by atoms with Gasteiger partial charge in [-0.3, -0.25) is 9.69 Å². The Hall–Kier alpha value is -1.59. The summed E-state index contributed by atoms with van der Waals surface area (Å²) < 4.78 is 0. The standard InChI is InChI=1S/C25H32Cl2N2O2/c1-17(2)23(29-14-13-22(30)15-29)16-28(4)24(31)25(3,18-5-9-20(26)10-6-18)19-7-11-21(27)12-8-19/h5-12,17,22-23,30H,13-16H2,1-4H3/t22-,23?/m0/s1. The summed E-state index contributed by atoms with van der Waals surface area (Å²) in [5.41, 5.74) is 0.887. The van der Waals surface area contributed by atoms with E-state index in [4.69, 9.17) is 23.2 Å². The van der Waals surface area contributed by atoms with E-state index < -0.39 is 5.41 Å². The number of amides is 1. The molecule has 2 atom stereocenters. The normalized spacial score (nSPS) is 18.4. The van der Waals surface area contributed by atoms with Crippen molar-refractivity contribution < 1.29 is 9.90 Å². The molecule has 4 nitrogen and oxygen atoms in total. The predicted octanol–water partition coefficient (Wildman–Crippen LogP) is 4.85. The van der Waals surface area contributed by atoms with E-state index in [1.54, 1.807) is 0 Å². The van der Waals surface area contributed by atoms with Crippen LogP contribution in [0.4, 0.5) is 0 Å². The maximum Gasteiger partial charge on any atom is 0.237 e. The second-order valence-electron chi connectivity index (χ2n) is 9.07. The average molecular weight is 463 g/mol. The molecule has 1 unspecified atom stereocenters. The zero-order valence-corrected chi connectivity index (χ0v) is 20.2. The van der Waals surface area contributed by atoms with Crippen LogP contribution in [-0.4, -0.2) is 59.6 Å². The van der Waals surface area contributed by atoms with Crippen molar-refractivity contribution >= 4 is 29.1 Å². The van der Waals surface area contributed by atoms with E-state index in [-0.39, 0.29) is 18.1 Å². The Labute approximate surface area is 195 Å². The maximum absolute atomic E-state index is 14.0. The van der Waals surface area contributed by atoms with Crippen molar-refractivity contribution in [1.82, 2.24) is 9.80 Å². The van der Waals surface area contributed by atoms with Crippen LogP contribution in [0.25, 0.3) is 0 Å². The fraction of sp³-hybridized carbons (Fsp3) is 0.480. The lowest BCUT2D eigenvalue weighted by Gasteiger charge is -2.38. The minimum absolute atomic E-state index is 0.0162. The Morgan fingerprint density at radius 1 is 1.10 bits per heavy atom. The van der Waals surface area contributed by atoms with Crippen molar-refractivity contribution in [3.05, 3.63) is 69.7 Å². The summed E-state index contributed by atoms with van der Waals surface area (Å²) >= 11 is 12.2. The molecule has 1 aliphatic rings. The van der Waals surface area contributed by atoms with Gasteiger partial charge in [-0.15, -0.1) is 0 Å². The molecule has 2 aromatic rings. The van der Waals surface area contributed by atoms with Crippen molar-refractivity contribution in [2.75, 3.05) is 26.7 Å². The molecule has 1 heterocycles. The summed E-state index contributed by atoms with van der Waals surface area (Å²) in [5.74, 6) is 0.375. The zero-order chi connectivity index (χ0) is 22.8. The molecule has 6 heteroatoms. The van der Waals surface area contributed by atoms with Crippen LogP contribution in [0.3, 0.4) is 0 Å². The number of rotatable bonds is 7. The summed E-state index contributed by atoms with van der Waals surface area (Å²) in [6.07, 6.45) is 0.504. The van der Waals surface area contributed by atoms with Gasteiger partial charge in [-0.05, 0) is 54.7 Å². The highest BCUT2D eigenvalue weighted by molar-refractivity contribution is 6.30. The number of aliphatic hydroxyl groups is 1. The first-order chi connectivity index (χ1) is 14.6. The number of carbonyl (C=O) groups is 1. The molecule has 1 aliphatic heterocycles. The van der Waals surface area contributed by atoms with Gasteiger partial charge in [0.1, 0.15) is 0 Å². The van der Waals surface area contributed by atoms with Crippen molar-refractivity contribution in [3.63, 3.8) is 0 Å². The molecule has 0 saturated carbocycles. The molecule has 1 N–H and O–H groups in total. The molecule has 168 valence electrons. The number of aliphatic hydroxyl groups excluding tert-OH is 1. The number of β-amino-alcohol motifs (C(OH)–C–C–N with tert-alkyl or cyclic N) is 1. The number of likely N-dealkylation sites (tertiary alicyclic amines) is 1. The molecule has 31 heavy (non-hydrogen) atoms. The van der Waals surface area contributed by atoms with Crippen LogP contribution in [0.15, 0.2) is 48.5 Å². The van der Waals surface area contributed by atoms with E-state index in [0.29, 0.717) is 29.1 Å². The number of halogens is 2. The summed E-state index contributed by atoms with van der Waals surface area (Å²) in [7, 11) is 1.87. The summed E-state index contributed by atoms with van der Waals surface area (Å²) in [6, 6.07) is 15.1. The van der Waals surface area contributed by atoms with Gasteiger partial charge in [-0.25, -0.2) is 0 Å². The first-order valence-corrected chi connectivity index (χ1v) is 11.6. The quantitative estimate of drug-likeness (QED) is 0.639. The highest BCUT2D eigenvalue weighted by Crippen LogP contribution is 2.35. The second-order valence-corrected chi connectivity index (χ2v) is 9.95.